The molecule has 3 aromatic rings. The second kappa shape index (κ2) is 7.32. The summed E-state index contributed by atoms with van der Waals surface area (Å²) in [7, 11) is 1.88. The predicted molar refractivity (Wildman–Crippen MR) is 98.7 cm³/mol. The number of aromatic nitrogens is 1. The normalized spacial score (nSPS) is 10.8. The van der Waals surface area contributed by atoms with E-state index in [1.807, 2.05) is 71.4 Å². The summed E-state index contributed by atoms with van der Waals surface area (Å²) in [6, 6.07) is 11.3. The van der Waals surface area contributed by atoms with Gasteiger partial charge in [0.2, 0.25) is 0 Å². The Balaban J connectivity index is 2.00. The van der Waals surface area contributed by atoms with Crippen LogP contribution in [-0.2, 0) is 6.54 Å². The third-order valence-electron chi connectivity index (χ3n) is 4.14. The first-order valence-corrected chi connectivity index (χ1v) is 8.12. The van der Waals surface area contributed by atoms with Gasteiger partial charge in [-0.1, -0.05) is 6.58 Å². The zero-order valence-corrected chi connectivity index (χ0v) is 14.2. The van der Waals surface area contributed by atoms with Crippen molar-refractivity contribution in [1.82, 2.24) is 0 Å². The summed E-state index contributed by atoms with van der Waals surface area (Å²) < 4.78 is 7.50. The van der Waals surface area contributed by atoms with Crippen molar-refractivity contribution in [3.05, 3.63) is 71.9 Å². The van der Waals surface area contributed by atoms with Crippen LogP contribution in [-0.4, -0.2) is 25.3 Å². The zero-order valence-electron chi connectivity index (χ0n) is 14.2. The van der Waals surface area contributed by atoms with Gasteiger partial charge in [0.15, 0.2) is 18.9 Å². The summed E-state index contributed by atoms with van der Waals surface area (Å²) in [5.74, 6) is 0. The van der Waals surface area contributed by atoms with Gasteiger partial charge in [0.1, 0.15) is 5.58 Å². The van der Waals surface area contributed by atoms with Crippen LogP contribution in [0.3, 0.4) is 0 Å². The van der Waals surface area contributed by atoms with Crippen LogP contribution in [0.5, 0.6) is 0 Å². The second-order valence-electron chi connectivity index (χ2n) is 5.89. The van der Waals surface area contributed by atoms with E-state index in [1.165, 1.54) is 0 Å². The lowest BCUT2D eigenvalue weighted by Crippen LogP contribution is -2.31. The number of aliphatic hydroxyl groups is 1. The maximum atomic E-state index is 12.4. The summed E-state index contributed by atoms with van der Waals surface area (Å²) in [5, 5.41) is 9.91. The van der Waals surface area contributed by atoms with Gasteiger partial charge in [0.25, 0.3) is 0 Å². The maximum absolute atomic E-state index is 12.4. The second-order valence-corrected chi connectivity index (χ2v) is 5.89. The molecule has 2 heterocycles. The van der Waals surface area contributed by atoms with E-state index in [0.717, 1.165) is 23.2 Å². The Hall–Kier alpha value is -2.92. The van der Waals surface area contributed by atoms with E-state index in [1.54, 1.807) is 0 Å². The molecule has 1 N–H and O–H groups in total. The topological polar surface area (TPSA) is 57.6 Å². The van der Waals surface area contributed by atoms with Crippen LogP contribution < -0.4 is 15.1 Å². The van der Waals surface area contributed by atoms with Crippen molar-refractivity contribution < 1.29 is 14.1 Å². The summed E-state index contributed by atoms with van der Waals surface area (Å²) in [6.45, 7) is 5.01. The number of anilines is 1. The molecule has 0 saturated heterocycles. The number of likely N-dealkylation sites (N-methyl/N-ethyl adjacent to an activating group) is 1. The fourth-order valence-electron chi connectivity index (χ4n) is 2.73. The standard InChI is InChI=1S/C20H21N2O3/c1-3-8-22-9-6-15(7-10-22)18-13-16-4-5-17(21(2)11-12-23)14-19(16)25-20(18)24/h3-7,9-10,13-14,23H,1,8,11-12H2,2H3/q+1. The molecule has 2 aromatic heterocycles. The highest BCUT2D eigenvalue weighted by molar-refractivity contribution is 5.84. The van der Waals surface area contributed by atoms with Gasteiger partial charge in [-0.3, -0.25) is 0 Å². The van der Waals surface area contributed by atoms with Crippen molar-refractivity contribution in [2.24, 2.45) is 0 Å². The lowest BCUT2D eigenvalue weighted by molar-refractivity contribution is -0.686. The van der Waals surface area contributed by atoms with E-state index in [0.29, 0.717) is 17.7 Å². The summed E-state index contributed by atoms with van der Waals surface area (Å²) in [4.78, 5) is 14.3. The molecule has 0 saturated carbocycles. The van der Waals surface area contributed by atoms with E-state index >= 15 is 0 Å². The average molecular weight is 337 g/mol. The van der Waals surface area contributed by atoms with Crippen molar-refractivity contribution in [1.29, 1.82) is 0 Å². The first kappa shape index (κ1) is 16.9. The highest BCUT2D eigenvalue weighted by Crippen LogP contribution is 2.24. The number of allylic oxidation sites excluding steroid dienone is 1. The molecule has 0 atom stereocenters. The fraction of sp³-hybridized carbons (Fsp3) is 0.200. The molecule has 3 rings (SSSR count). The van der Waals surface area contributed by atoms with E-state index in [2.05, 4.69) is 6.58 Å². The molecule has 0 unspecified atom stereocenters. The van der Waals surface area contributed by atoms with Gasteiger partial charge in [0, 0.05) is 48.4 Å². The van der Waals surface area contributed by atoms with Crippen LogP contribution in [0.4, 0.5) is 5.69 Å². The Bertz CT molecular complexity index is 945. The lowest BCUT2D eigenvalue weighted by Gasteiger charge is -2.17. The van der Waals surface area contributed by atoms with E-state index in [-0.39, 0.29) is 12.2 Å². The lowest BCUT2D eigenvalue weighted by atomic mass is 10.1. The quantitative estimate of drug-likeness (QED) is 0.426. The molecule has 5 heteroatoms. The minimum atomic E-state index is -0.365. The number of aliphatic hydroxyl groups excluding tert-OH is 1. The van der Waals surface area contributed by atoms with E-state index < -0.39 is 0 Å². The largest absolute Gasteiger partial charge is 0.422 e. The Morgan fingerprint density at radius 2 is 2.00 bits per heavy atom. The minimum Gasteiger partial charge on any atom is -0.422 e. The van der Waals surface area contributed by atoms with Crippen LogP contribution in [0.2, 0.25) is 0 Å². The van der Waals surface area contributed by atoms with Crippen molar-refractivity contribution in [2.45, 2.75) is 6.54 Å². The summed E-state index contributed by atoms with van der Waals surface area (Å²) >= 11 is 0. The molecule has 0 radical (unpaired) electrons. The van der Waals surface area contributed by atoms with E-state index in [4.69, 9.17) is 9.52 Å². The Labute approximate surface area is 146 Å². The number of benzene rings is 1. The monoisotopic (exact) mass is 337 g/mol. The minimum absolute atomic E-state index is 0.0668. The fourth-order valence-corrected chi connectivity index (χ4v) is 2.73. The van der Waals surface area contributed by atoms with Crippen LogP contribution in [0, 0.1) is 0 Å². The van der Waals surface area contributed by atoms with Crippen molar-refractivity contribution in [3.8, 4) is 11.1 Å². The molecule has 0 aliphatic rings. The summed E-state index contributed by atoms with van der Waals surface area (Å²) in [6.07, 6.45) is 5.64. The molecule has 0 aliphatic heterocycles. The van der Waals surface area contributed by atoms with Crippen molar-refractivity contribution >= 4 is 16.7 Å². The highest BCUT2D eigenvalue weighted by atomic mass is 16.4. The first-order valence-electron chi connectivity index (χ1n) is 8.12. The molecule has 0 spiro atoms. The molecule has 1 aromatic carbocycles. The average Bonchev–Trinajstić information content (AvgIpc) is 2.62. The number of nitrogens with zero attached hydrogens (tertiary/aromatic N) is 2. The number of hydrogen-bond acceptors (Lipinski definition) is 4. The molecule has 0 amide bonds. The molecular weight excluding hydrogens is 316 g/mol. The van der Waals surface area contributed by atoms with Gasteiger partial charge in [-0.25, -0.2) is 9.36 Å². The predicted octanol–water partition coefficient (Wildman–Crippen LogP) is 2.36. The third-order valence-corrected chi connectivity index (χ3v) is 4.14. The Morgan fingerprint density at radius 3 is 2.68 bits per heavy atom. The number of hydrogen-bond donors (Lipinski definition) is 1. The van der Waals surface area contributed by atoms with Gasteiger partial charge in [-0.2, -0.15) is 0 Å². The van der Waals surface area contributed by atoms with Crippen molar-refractivity contribution in [3.63, 3.8) is 0 Å². The van der Waals surface area contributed by atoms with Crippen LogP contribution >= 0.6 is 0 Å². The molecular formula is C20H21N2O3+. The smallest absolute Gasteiger partial charge is 0.344 e. The molecule has 0 fully saturated rings. The first-order chi connectivity index (χ1) is 12.1. The summed E-state index contributed by atoms with van der Waals surface area (Å²) in [5.41, 5.74) is 2.42. The molecule has 0 bridgehead atoms. The number of pyridine rings is 1. The maximum Gasteiger partial charge on any atom is 0.344 e. The van der Waals surface area contributed by atoms with E-state index in [9.17, 15) is 4.79 Å². The van der Waals surface area contributed by atoms with Gasteiger partial charge in [-0.05, 0) is 24.3 Å². The zero-order chi connectivity index (χ0) is 17.8. The highest BCUT2D eigenvalue weighted by Gasteiger charge is 2.11. The van der Waals surface area contributed by atoms with Crippen LogP contribution in [0.15, 0.2) is 70.7 Å². The van der Waals surface area contributed by atoms with Crippen LogP contribution in [0.1, 0.15) is 0 Å². The Morgan fingerprint density at radius 1 is 1.24 bits per heavy atom. The molecule has 128 valence electrons. The SMILES string of the molecule is C=CC[n+]1ccc(-c2cc3ccc(N(C)CCO)cc3oc2=O)cc1. The van der Waals surface area contributed by atoms with Gasteiger partial charge >= 0.3 is 5.63 Å². The number of rotatable bonds is 6. The number of fused-ring (bicyclic) bond motifs is 1. The Kier molecular flexibility index (Phi) is 4.95. The van der Waals surface area contributed by atoms with Gasteiger partial charge < -0.3 is 14.4 Å². The van der Waals surface area contributed by atoms with Gasteiger partial charge in [-0.15, -0.1) is 0 Å². The van der Waals surface area contributed by atoms with Crippen LogP contribution in [0.25, 0.3) is 22.1 Å². The molecule has 25 heavy (non-hydrogen) atoms. The molecule has 0 aliphatic carbocycles. The van der Waals surface area contributed by atoms with Crippen molar-refractivity contribution in [2.75, 3.05) is 25.1 Å². The third kappa shape index (κ3) is 3.61. The molecule has 5 nitrogen and oxygen atoms in total. The van der Waals surface area contributed by atoms with Gasteiger partial charge in [0.05, 0.1) is 12.2 Å².